The molecule has 0 amide bonds. The van der Waals surface area contributed by atoms with Gasteiger partial charge in [-0.2, -0.15) is 4.31 Å². The van der Waals surface area contributed by atoms with E-state index in [0.717, 1.165) is 11.1 Å². The molecule has 0 bridgehead atoms. The maximum absolute atomic E-state index is 12.9. The predicted octanol–water partition coefficient (Wildman–Crippen LogP) is 1.95. The summed E-state index contributed by atoms with van der Waals surface area (Å²) in [5, 5.41) is 3.96. The number of halogens is 1. The molecule has 2 aromatic rings. The summed E-state index contributed by atoms with van der Waals surface area (Å²) in [5.74, 6) is 0. The third-order valence-corrected chi connectivity index (χ3v) is 5.80. The van der Waals surface area contributed by atoms with Crippen molar-refractivity contribution < 1.29 is 8.42 Å². The molecule has 0 spiro atoms. The number of aryl methyl sites for hydroxylation is 1. The first-order valence-corrected chi connectivity index (χ1v) is 8.52. The van der Waals surface area contributed by atoms with Crippen LogP contribution in [0.2, 0.25) is 0 Å². The van der Waals surface area contributed by atoms with Crippen LogP contribution in [-0.4, -0.2) is 43.4 Å². The fourth-order valence-electron chi connectivity index (χ4n) is 2.77. The molecule has 1 fully saturated rings. The van der Waals surface area contributed by atoms with Gasteiger partial charge in [0.15, 0.2) is 0 Å². The SMILES string of the molecule is Cc1ccc(S(=O)(=O)N2CCN[C@@H](C)C2)c2cccnc12.Cl. The molecule has 5 nitrogen and oxygen atoms in total. The molecule has 2 heterocycles. The first kappa shape index (κ1) is 17.1. The highest BCUT2D eigenvalue weighted by Gasteiger charge is 2.29. The number of piperazine rings is 1. The van der Waals surface area contributed by atoms with Gasteiger partial charge >= 0.3 is 0 Å². The maximum Gasteiger partial charge on any atom is 0.243 e. The van der Waals surface area contributed by atoms with Crippen molar-refractivity contribution >= 4 is 33.3 Å². The lowest BCUT2D eigenvalue weighted by Crippen LogP contribution is -2.51. The van der Waals surface area contributed by atoms with Gasteiger partial charge in [-0.1, -0.05) is 6.07 Å². The summed E-state index contributed by atoms with van der Waals surface area (Å²) in [4.78, 5) is 4.67. The van der Waals surface area contributed by atoms with Gasteiger partial charge in [0.1, 0.15) is 0 Å². The van der Waals surface area contributed by atoms with Crippen molar-refractivity contribution in [1.82, 2.24) is 14.6 Å². The Bertz CT molecular complexity index is 779. The first-order chi connectivity index (χ1) is 10.00. The number of hydrogen-bond donors (Lipinski definition) is 1. The van der Waals surface area contributed by atoms with E-state index in [-0.39, 0.29) is 18.4 Å². The van der Waals surface area contributed by atoms with E-state index in [9.17, 15) is 8.42 Å². The quantitative estimate of drug-likeness (QED) is 0.907. The number of nitrogens with zero attached hydrogens (tertiary/aromatic N) is 2. The Kier molecular flexibility index (Phi) is 5.07. The van der Waals surface area contributed by atoms with Crippen molar-refractivity contribution in [3.05, 3.63) is 36.0 Å². The van der Waals surface area contributed by atoms with Gasteiger partial charge in [-0.15, -0.1) is 12.4 Å². The van der Waals surface area contributed by atoms with E-state index in [0.29, 0.717) is 29.9 Å². The van der Waals surface area contributed by atoms with Crippen LogP contribution in [0.25, 0.3) is 10.9 Å². The Morgan fingerprint density at radius 3 is 2.82 bits per heavy atom. The van der Waals surface area contributed by atoms with Crippen LogP contribution in [0, 0.1) is 6.92 Å². The number of benzene rings is 1. The lowest BCUT2D eigenvalue weighted by molar-refractivity contribution is 0.310. The van der Waals surface area contributed by atoms with Crippen LogP contribution in [-0.2, 0) is 10.0 Å². The third kappa shape index (κ3) is 2.96. The van der Waals surface area contributed by atoms with Gasteiger partial charge in [0.2, 0.25) is 10.0 Å². The molecule has 7 heteroatoms. The molecule has 1 saturated heterocycles. The lowest BCUT2D eigenvalue weighted by Gasteiger charge is -2.31. The Balaban J connectivity index is 0.00000176. The van der Waals surface area contributed by atoms with Crippen LogP contribution in [0.1, 0.15) is 12.5 Å². The molecule has 1 aliphatic heterocycles. The minimum Gasteiger partial charge on any atom is -0.312 e. The average molecular weight is 342 g/mol. The zero-order chi connectivity index (χ0) is 15.0. The van der Waals surface area contributed by atoms with Gasteiger partial charge in [-0.05, 0) is 37.6 Å². The Hall–Kier alpha value is -1.21. The summed E-state index contributed by atoms with van der Waals surface area (Å²) in [6, 6.07) is 7.30. The highest BCUT2D eigenvalue weighted by Crippen LogP contribution is 2.27. The number of fused-ring (bicyclic) bond motifs is 1. The molecular weight excluding hydrogens is 322 g/mol. The molecule has 1 N–H and O–H groups in total. The van der Waals surface area contributed by atoms with E-state index in [1.807, 2.05) is 26.0 Å². The Labute approximate surface area is 137 Å². The molecule has 22 heavy (non-hydrogen) atoms. The lowest BCUT2D eigenvalue weighted by atomic mass is 10.1. The monoisotopic (exact) mass is 341 g/mol. The molecule has 0 unspecified atom stereocenters. The van der Waals surface area contributed by atoms with Gasteiger partial charge in [0.05, 0.1) is 10.4 Å². The average Bonchev–Trinajstić information content (AvgIpc) is 2.47. The number of nitrogens with one attached hydrogen (secondary N) is 1. The fraction of sp³-hybridized carbons (Fsp3) is 0.400. The van der Waals surface area contributed by atoms with Gasteiger partial charge in [-0.3, -0.25) is 4.98 Å². The molecule has 120 valence electrons. The van der Waals surface area contributed by atoms with Crippen molar-refractivity contribution in [3.63, 3.8) is 0 Å². The Morgan fingerprint density at radius 2 is 2.09 bits per heavy atom. The first-order valence-electron chi connectivity index (χ1n) is 7.08. The number of sulfonamides is 1. The van der Waals surface area contributed by atoms with E-state index in [1.165, 1.54) is 0 Å². The number of rotatable bonds is 2. The highest BCUT2D eigenvalue weighted by atomic mass is 35.5. The van der Waals surface area contributed by atoms with Crippen LogP contribution in [0.3, 0.4) is 0 Å². The van der Waals surface area contributed by atoms with E-state index >= 15 is 0 Å². The van der Waals surface area contributed by atoms with Crippen molar-refractivity contribution in [2.45, 2.75) is 24.8 Å². The molecule has 0 aliphatic carbocycles. The smallest absolute Gasteiger partial charge is 0.243 e. The van der Waals surface area contributed by atoms with Gasteiger partial charge < -0.3 is 5.32 Å². The summed E-state index contributed by atoms with van der Waals surface area (Å²) in [6.07, 6.45) is 1.69. The predicted molar refractivity (Wildman–Crippen MR) is 90.0 cm³/mol. The summed E-state index contributed by atoms with van der Waals surface area (Å²) in [7, 11) is -3.48. The van der Waals surface area contributed by atoms with Crippen LogP contribution in [0.15, 0.2) is 35.4 Å². The summed E-state index contributed by atoms with van der Waals surface area (Å²) in [6.45, 7) is 5.62. The summed E-state index contributed by atoms with van der Waals surface area (Å²) < 4.78 is 27.4. The normalized spacial score (nSPS) is 19.8. The maximum atomic E-state index is 12.9. The number of hydrogen-bond acceptors (Lipinski definition) is 4. The van der Waals surface area contributed by atoms with Crippen LogP contribution in [0.5, 0.6) is 0 Å². The minimum absolute atomic E-state index is 0. The molecule has 1 atom stereocenters. The third-order valence-electron chi connectivity index (χ3n) is 3.88. The molecular formula is C15H20ClN3O2S. The van der Waals surface area contributed by atoms with Crippen molar-refractivity contribution in [2.75, 3.05) is 19.6 Å². The standard InChI is InChI=1S/C15H19N3O2S.ClH/c1-11-5-6-14(13-4-3-7-17-15(11)13)21(19,20)18-9-8-16-12(2)10-18;/h3-7,12,16H,8-10H2,1-2H3;1H/t12-;/m0./s1. The topological polar surface area (TPSA) is 62.3 Å². The second-order valence-electron chi connectivity index (χ2n) is 5.50. The zero-order valence-electron chi connectivity index (χ0n) is 12.6. The minimum atomic E-state index is -3.48. The molecule has 1 aromatic heterocycles. The molecule has 1 aliphatic rings. The van der Waals surface area contributed by atoms with Crippen LogP contribution < -0.4 is 5.32 Å². The van der Waals surface area contributed by atoms with E-state index in [4.69, 9.17) is 0 Å². The molecule has 0 saturated carbocycles. The van der Waals surface area contributed by atoms with Crippen molar-refractivity contribution in [2.24, 2.45) is 0 Å². The van der Waals surface area contributed by atoms with Crippen LogP contribution >= 0.6 is 12.4 Å². The van der Waals surface area contributed by atoms with E-state index < -0.39 is 10.0 Å². The van der Waals surface area contributed by atoms with Crippen molar-refractivity contribution in [1.29, 1.82) is 0 Å². The number of aromatic nitrogens is 1. The van der Waals surface area contributed by atoms with Crippen LogP contribution in [0.4, 0.5) is 0 Å². The molecule has 0 radical (unpaired) electrons. The fourth-order valence-corrected chi connectivity index (χ4v) is 4.48. The Morgan fingerprint density at radius 1 is 1.32 bits per heavy atom. The van der Waals surface area contributed by atoms with Crippen molar-refractivity contribution in [3.8, 4) is 0 Å². The van der Waals surface area contributed by atoms with E-state index in [1.54, 1.807) is 22.6 Å². The largest absolute Gasteiger partial charge is 0.312 e. The summed E-state index contributed by atoms with van der Waals surface area (Å²) in [5.41, 5.74) is 1.74. The molecule has 3 rings (SSSR count). The molecule has 1 aromatic carbocycles. The second-order valence-corrected chi connectivity index (χ2v) is 7.40. The van der Waals surface area contributed by atoms with Gasteiger partial charge in [0, 0.05) is 37.3 Å². The van der Waals surface area contributed by atoms with E-state index in [2.05, 4.69) is 10.3 Å². The summed E-state index contributed by atoms with van der Waals surface area (Å²) >= 11 is 0. The second kappa shape index (κ2) is 6.50. The highest BCUT2D eigenvalue weighted by molar-refractivity contribution is 7.89. The van der Waals surface area contributed by atoms with Gasteiger partial charge in [0.25, 0.3) is 0 Å². The number of pyridine rings is 1. The zero-order valence-corrected chi connectivity index (χ0v) is 14.2. The van der Waals surface area contributed by atoms with Gasteiger partial charge in [-0.25, -0.2) is 8.42 Å².